The lowest BCUT2D eigenvalue weighted by Crippen LogP contribution is -2.36. The zero-order valence-electron chi connectivity index (χ0n) is 12.9. The monoisotopic (exact) mass is 263 g/mol. The number of hydrogen-bond acceptors (Lipinski definition) is 3. The van der Waals surface area contributed by atoms with Crippen LogP contribution in [-0.4, -0.2) is 22.5 Å². The summed E-state index contributed by atoms with van der Waals surface area (Å²) in [5, 5.41) is 0. The molecule has 0 saturated carbocycles. The highest BCUT2D eigenvalue weighted by Gasteiger charge is 2.16. The lowest BCUT2D eigenvalue weighted by atomic mass is 10.1. The van der Waals surface area contributed by atoms with Crippen LogP contribution in [0.5, 0.6) is 0 Å². The maximum atomic E-state index is 5.67. The first kappa shape index (κ1) is 16.1. The predicted molar refractivity (Wildman–Crippen MR) is 81.7 cm³/mol. The third-order valence-electron chi connectivity index (χ3n) is 3.53. The Kier molecular flexibility index (Phi) is 7.03. The highest BCUT2D eigenvalue weighted by molar-refractivity contribution is 5.16. The van der Waals surface area contributed by atoms with E-state index in [2.05, 4.69) is 49.7 Å². The van der Waals surface area contributed by atoms with Gasteiger partial charge in [-0.2, -0.15) is 0 Å². The molecule has 0 aliphatic heterocycles. The maximum absolute atomic E-state index is 5.67. The fraction of sp³-hybridized carbons (Fsp3) is 0.688. The van der Waals surface area contributed by atoms with Crippen LogP contribution in [0.25, 0.3) is 0 Å². The van der Waals surface area contributed by atoms with Crippen LogP contribution in [0.2, 0.25) is 0 Å². The zero-order valence-corrected chi connectivity index (χ0v) is 12.9. The van der Waals surface area contributed by atoms with Crippen molar-refractivity contribution in [3.05, 3.63) is 29.6 Å². The molecular weight excluding hydrogens is 234 g/mol. The van der Waals surface area contributed by atoms with Crippen molar-refractivity contribution >= 4 is 0 Å². The van der Waals surface area contributed by atoms with Gasteiger partial charge in [0.2, 0.25) is 0 Å². The fourth-order valence-corrected chi connectivity index (χ4v) is 2.59. The van der Waals surface area contributed by atoms with Crippen LogP contribution in [0.4, 0.5) is 0 Å². The van der Waals surface area contributed by atoms with Gasteiger partial charge < -0.3 is 5.73 Å². The molecule has 0 saturated heterocycles. The summed E-state index contributed by atoms with van der Waals surface area (Å²) in [7, 11) is 0. The SMILES string of the molecule is CCC(CC)N(Cc1ccnc(CN)c1)CC(C)C. The average Bonchev–Trinajstić information content (AvgIpc) is 2.39. The lowest BCUT2D eigenvalue weighted by Gasteiger charge is -2.32. The summed E-state index contributed by atoms with van der Waals surface area (Å²) in [6, 6.07) is 4.90. The Bertz CT molecular complexity index is 359. The van der Waals surface area contributed by atoms with E-state index in [-0.39, 0.29) is 0 Å². The van der Waals surface area contributed by atoms with Crippen LogP contribution in [-0.2, 0) is 13.1 Å². The second-order valence-corrected chi connectivity index (χ2v) is 5.65. The number of nitrogens with two attached hydrogens (primary N) is 1. The van der Waals surface area contributed by atoms with Gasteiger partial charge in [0.05, 0.1) is 5.69 Å². The molecule has 0 aliphatic carbocycles. The molecule has 0 unspecified atom stereocenters. The fourth-order valence-electron chi connectivity index (χ4n) is 2.59. The van der Waals surface area contributed by atoms with E-state index in [1.165, 1.54) is 18.4 Å². The van der Waals surface area contributed by atoms with Gasteiger partial charge in [-0.05, 0) is 36.5 Å². The molecule has 1 rings (SSSR count). The molecule has 0 aromatic carbocycles. The second-order valence-electron chi connectivity index (χ2n) is 5.65. The van der Waals surface area contributed by atoms with Gasteiger partial charge in [0.25, 0.3) is 0 Å². The summed E-state index contributed by atoms with van der Waals surface area (Å²) in [5.74, 6) is 0.691. The van der Waals surface area contributed by atoms with Crippen molar-refractivity contribution in [3.8, 4) is 0 Å². The van der Waals surface area contributed by atoms with Crippen LogP contribution in [0, 0.1) is 5.92 Å². The summed E-state index contributed by atoms with van der Waals surface area (Å²) in [6.07, 6.45) is 4.29. The van der Waals surface area contributed by atoms with E-state index in [9.17, 15) is 0 Å². The molecule has 1 aromatic heterocycles. The number of aromatic nitrogens is 1. The maximum Gasteiger partial charge on any atom is 0.0542 e. The van der Waals surface area contributed by atoms with Crippen molar-refractivity contribution in [1.29, 1.82) is 0 Å². The van der Waals surface area contributed by atoms with Crippen LogP contribution < -0.4 is 5.73 Å². The Morgan fingerprint density at radius 1 is 1.26 bits per heavy atom. The van der Waals surface area contributed by atoms with Crippen molar-refractivity contribution in [2.24, 2.45) is 11.7 Å². The normalized spacial score (nSPS) is 11.8. The minimum atomic E-state index is 0.517. The summed E-state index contributed by atoms with van der Waals surface area (Å²) in [5.41, 5.74) is 7.97. The largest absolute Gasteiger partial charge is 0.325 e. The van der Waals surface area contributed by atoms with Gasteiger partial charge in [-0.3, -0.25) is 9.88 Å². The standard InChI is InChI=1S/C16H29N3/c1-5-16(6-2)19(11-13(3)4)12-14-7-8-18-15(9-14)10-17/h7-9,13,16H,5-6,10-12,17H2,1-4H3. The Morgan fingerprint density at radius 2 is 1.95 bits per heavy atom. The van der Waals surface area contributed by atoms with Crippen molar-refractivity contribution in [2.75, 3.05) is 6.54 Å². The molecule has 0 bridgehead atoms. The molecule has 0 aliphatic rings. The summed E-state index contributed by atoms with van der Waals surface area (Å²) in [6.45, 7) is 11.8. The minimum Gasteiger partial charge on any atom is -0.325 e. The Labute approximate surface area is 118 Å². The predicted octanol–water partition coefficient (Wildman–Crippen LogP) is 3.19. The van der Waals surface area contributed by atoms with Crippen molar-refractivity contribution in [1.82, 2.24) is 9.88 Å². The molecule has 19 heavy (non-hydrogen) atoms. The van der Waals surface area contributed by atoms with E-state index in [4.69, 9.17) is 5.73 Å². The number of nitrogens with zero attached hydrogens (tertiary/aromatic N) is 2. The molecule has 1 heterocycles. The van der Waals surface area contributed by atoms with E-state index in [1.807, 2.05) is 6.20 Å². The van der Waals surface area contributed by atoms with Gasteiger partial charge >= 0.3 is 0 Å². The molecule has 3 nitrogen and oxygen atoms in total. The molecule has 3 heteroatoms. The first-order valence-corrected chi connectivity index (χ1v) is 7.48. The Morgan fingerprint density at radius 3 is 2.47 bits per heavy atom. The van der Waals surface area contributed by atoms with Gasteiger partial charge in [-0.15, -0.1) is 0 Å². The Hall–Kier alpha value is -0.930. The summed E-state index contributed by atoms with van der Waals surface area (Å²) >= 11 is 0. The molecule has 1 aromatic rings. The number of hydrogen-bond donors (Lipinski definition) is 1. The van der Waals surface area contributed by atoms with Crippen molar-refractivity contribution < 1.29 is 0 Å². The minimum absolute atomic E-state index is 0.517. The number of rotatable bonds is 8. The molecule has 0 atom stereocenters. The molecule has 0 amide bonds. The molecule has 0 spiro atoms. The molecule has 0 radical (unpaired) electrons. The van der Waals surface area contributed by atoms with E-state index in [1.54, 1.807) is 0 Å². The first-order valence-electron chi connectivity index (χ1n) is 7.48. The van der Waals surface area contributed by atoms with Gasteiger partial charge in [0.15, 0.2) is 0 Å². The molecule has 0 fully saturated rings. The molecule has 2 N–H and O–H groups in total. The molecule has 108 valence electrons. The smallest absolute Gasteiger partial charge is 0.0542 e. The highest BCUT2D eigenvalue weighted by Crippen LogP contribution is 2.16. The number of pyridine rings is 1. The zero-order chi connectivity index (χ0) is 14.3. The van der Waals surface area contributed by atoms with Gasteiger partial charge in [-0.1, -0.05) is 27.7 Å². The molecular formula is C16H29N3. The van der Waals surface area contributed by atoms with Crippen LogP contribution >= 0.6 is 0 Å². The van der Waals surface area contributed by atoms with Crippen molar-refractivity contribution in [2.45, 2.75) is 59.7 Å². The van der Waals surface area contributed by atoms with Crippen LogP contribution in [0.1, 0.15) is 51.8 Å². The van der Waals surface area contributed by atoms with Crippen molar-refractivity contribution in [3.63, 3.8) is 0 Å². The van der Waals surface area contributed by atoms with Gasteiger partial charge in [0, 0.05) is 31.9 Å². The van der Waals surface area contributed by atoms with Crippen LogP contribution in [0.15, 0.2) is 18.3 Å². The van der Waals surface area contributed by atoms with E-state index in [0.29, 0.717) is 18.5 Å². The third-order valence-corrected chi connectivity index (χ3v) is 3.53. The summed E-state index contributed by atoms with van der Waals surface area (Å²) < 4.78 is 0. The topological polar surface area (TPSA) is 42.2 Å². The summed E-state index contributed by atoms with van der Waals surface area (Å²) in [4.78, 5) is 6.87. The van der Waals surface area contributed by atoms with Gasteiger partial charge in [0.1, 0.15) is 0 Å². The van der Waals surface area contributed by atoms with Crippen LogP contribution in [0.3, 0.4) is 0 Å². The first-order chi connectivity index (χ1) is 9.10. The van der Waals surface area contributed by atoms with E-state index < -0.39 is 0 Å². The Balaban J connectivity index is 2.80. The van der Waals surface area contributed by atoms with Gasteiger partial charge in [-0.25, -0.2) is 0 Å². The van der Waals surface area contributed by atoms with E-state index >= 15 is 0 Å². The quantitative estimate of drug-likeness (QED) is 0.783. The second kappa shape index (κ2) is 8.28. The third kappa shape index (κ3) is 5.29. The average molecular weight is 263 g/mol. The van der Waals surface area contributed by atoms with E-state index in [0.717, 1.165) is 18.8 Å². The lowest BCUT2D eigenvalue weighted by molar-refractivity contribution is 0.157. The highest BCUT2D eigenvalue weighted by atomic mass is 15.2.